The van der Waals surface area contributed by atoms with Crippen LogP contribution < -0.4 is 15.4 Å². The number of amides is 3. The summed E-state index contributed by atoms with van der Waals surface area (Å²) < 4.78 is 10.7. The van der Waals surface area contributed by atoms with Crippen LogP contribution in [0.3, 0.4) is 0 Å². The Kier molecular flexibility index (Phi) is 10.3. The van der Waals surface area contributed by atoms with Gasteiger partial charge in [0.05, 0.1) is 7.11 Å². The summed E-state index contributed by atoms with van der Waals surface area (Å²) >= 11 is 1.59. The van der Waals surface area contributed by atoms with E-state index in [0.29, 0.717) is 23.6 Å². The molecule has 0 heterocycles. The van der Waals surface area contributed by atoms with Gasteiger partial charge in [0.15, 0.2) is 0 Å². The number of ether oxygens (including phenoxy) is 2. The highest BCUT2D eigenvalue weighted by molar-refractivity contribution is 7.98. The van der Waals surface area contributed by atoms with Crippen LogP contribution in [0.25, 0.3) is 0 Å². The molecule has 9 heteroatoms. The van der Waals surface area contributed by atoms with Gasteiger partial charge in [-0.05, 0) is 107 Å². The van der Waals surface area contributed by atoms with Crippen LogP contribution in [0.4, 0.5) is 10.5 Å². The van der Waals surface area contributed by atoms with E-state index >= 15 is 0 Å². The molecule has 1 aliphatic rings. The van der Waals surface area contributed by atoms with E-state index in [1.54, 1.807) is 68.8 Å². The second-order valence-electron chi connectivity index (χ2n) is 10.9. The summed E-state index contributed by atoms with van der Waals surface area (Å²) in [5.74, 6) is 0.741. The molecule has 0 aromatic heterocycles. The van der Waals surface area contributed by atoms with E-state index < -0.39 is 23.8 Å². The standard InChI is InChI=1S/C30H41N3O5S/c1-19-8-9-21(18-20(19)2)26(27(34)31-22-10-14-24(37-6)15-11-22)33(23-12-13-23)28(35)25(16-17-39-7)32-29(36)38-30(3,4)5/h8-11,14-15,18,23,25-26H,12-13,16-17H2,1-7H3,(H,31,34)(H,32,36). The zero-order valence-electron chi connectivity index (χ0n) is 24.0. The van der Waals surface area contributed by atoms with Gasteiger partial charge in [-0.1, -0.05) is 18.2 Å². The first-order chi connectivity index (χ1) is 18.4. The second-order valence-corrected chi connectivity index (χ2v) is 11.9. The Morgan fingerprint density at radius 2 is 1.72 bits per heavy atom. The summed E-state index contributed by atoms with van der Waals surface area (Å²) in [6.07, 6.45) is 3.31. The van der Waals surface area contributed by atoms with Gasteiger partial charge in [0, 0.05) is 11.7 Å². The molecule has 39 heavy (non-hydrogen) atoms. The third-order valence-corrected chi connectivity index (χ3v) is 7.17. The lowest BCUT2D eigenvalue weighted by molar-refractivity contribution is -0.141. The average Bonchev–Trinajstić information content (AvgIpc) is 3.71. The van der Waals surface area contributed by atoms with Gasteiger partial charge in [0.1, 0.15) is 23.4 Å². The fraction of sp³-hybridized carbons (Fsp3) is 0.500. The first-order valence-electron chi connectivity index (χ1n) is 13.3. The summed E-state index contributed by atoms with van der Waals surface area (Å²) in [5.41, 5.74) is 2.76. The van der Waals surface area contributed by atoms with Gasteiger partial charge in [0.2, 0.25) is 5.91 Å². The number of hydrogen-bond acceptors (Lipinski definition) is 6. The molecule has 8 nitrogen and oxygen atoms in total. The highest BCUT2D eigenvalue weighted by Gasteiger charge is 2.44. The molecule has 1 fully saturated rings. The average molecular weight is 556 g/mol. The highest BCUT2D eigenvalue weighted by atomic mass is 32.2. The second kappa shape index (κ2) is 13.2. The Bertz CT molecular complexity index is 1160. The van der Waals surface area contributed by atoms with Crippen molar-refractivity contribution in [3.63, 3.8) is 0 Å². The van der Waals surface area contributed by atoms with Crippen molar-refractivity contribution in [2.45, 2.75) is 77.6 Å². The van der Waals surface area contributed by atoms with Crippen molar-refractivity contribution in [2.75, 3.05) is 24.4 Å². The van der Waals surface area contributed by atoms with Crippen LogP contribution in [0.2, 0.25) is 0 Å². The van der Waals surface area contributed by atoms with Gasteiger partial charge in [-0.2, -0.15) is 11.8 Å². The van der Waals surface area contributed by atoms with Gasteiger partial charge in [-0.25, -0.2) is 4.79 Å². The van der Waals surface area contributed by atoms with E-state index in [2.05, 4.69) is 10.6 Å². The molecule has 0 aliphatic heterocycles. The summed E-state index contributed by atoms with van der Waals surface area (Å²) in [7, 11) is 1.58. The normalized spacial score (nSPS) is 14.6. The number of nitrogens with zero attached hydrogens (tertiary/aromatic N) is 1. The van der Waals surface area contributed by atoms with Crippen molar-refractivity contribution < 1.29 is 23.9 Å². The molecule has 2 N–H and O–H groups in total. The molecule has 212 valence electrons. The Morgan fingerprint density at radius 1 is 1.05 bits per heavy atom. The molecule has 2 atom stereocenters. The lowest BCUT2D eigenvalue weighted by atomic mass is 9.98. The van der Waals surface area contributed by atoms with Gasteiger partial charge >= 0.3 is 6.09 Å². The summed E-state index contributed by atoms with van der Waals surface area (Å²) in [5, 5.41) is 5.78. The van der Waals surface area contributed by atoms with Crippen LogP contribution in [-0.2, 0) is 14.3 Å². The Morgan fingerprint density at radius 3 is 2.26 bits per heavy atom. The maximum Gasteiger partial charge on any atom is 0.408 e. The smallest absolute Gasteiger partial charge is 0.408 e. The van der Waals surface area contributed by atoms with Crippen molar-refractivity contribution >= 4 is 35.4 Å². The molecule has 3 amide bonds. The molecular weight excluding hydrogens is 514 g/mol. The largest absolute Gasteiger partial charge is 0.497 e. The van der Waals surface area contributed by atoms with E-state index in [4.69, 9.17) is 9.47 Å². The fourth-order valence-corrected chi connectivity index (χ4v) is 4.72. The van der Waals surface area contributed by atoms with Crippen molar-refractivity contribution in [2.24, 2.45) is 0 Å². The molecule has 2 aromatic rings. The number of carbonyl (C=O) groups excluding carboxylic acids is 3. The monoisotopic (exact) mass is 555 g/mol. The number of aryl methyl sites for hydroxylation is 2. The van der Waals surface area contributed by atoms with E-state index in [1.807, 2.05) is 38.3 Å². The maximum atomic E-state index is 14.2. The highest BCUT2D eigenvalue weighted by Crippen LogP contribution is 2.37. The summed E-state index contributed by atoms with van der Waals surface area (Å²) in [6, 6.07) is 11.1. The molecule has 0 radical (unpaired) electrons. The van der Waals surface area contributed by atoms with E-state index in [0.717, 1.165) is 29.5 Å². The van der Waals surface area contributed by atoms with Crippen LogP contribution >= 0.6 is 11.8 Å². The van der Waals surface area contributed by atoms with Crippen LogP contribution in [0.5, 0.6) is 5.75 Å². The van der Waals surface area contributed by atoms with Gasteiger partial charge in [-0.3, -0.25) is 9.59 Å². The Hall–Kier alpha value is -3.20. The Labute approximate surface area is 236 Å². The summed E-state index contributed by atoms with van der Waals surface area (Å²) in [6.45, 7) is 9.34. The maximum absolute atomic E-state index is 14.2. The minimum Gasteiger partial charge on any atom is -0.497 e. The van der Waals surface area contributed by atoms with Gasteiger partial charge in [-0.15, -0.1) is 0 Å². The number of rotatable bonds is 11. The van der Waals surface area contributed by atoms with Crippen molar-refractivity contribution in [1.82, 2.24) is 10.2 Å². The molecule has 0 bridgehead atoms. The predicted octanol–water partition coefficient (Wildman–Crippen LogP) is 5.63. The molecule has 0 saturated heterocycles. The van der Waals surface area contributed by atoms with E-state index in [-0.39, 0.29) is 17.9 Å². The fourth-order valence-electron chi connectivity index (χ4n) is 4.25. The Balaban J connectivity index is 1.98. The quantitative estimate of drug-likeness (QED) is 0.373. The van der Waals surface area contributed by atoms with Crippen molar-refractivity contribution in [3.8, 4) is 5.75 Å². The summed E-state index contributed by atoms with van der Waals surface area (Å²) in [4.78, 5) is 42.5. The van der Waals surface area contributed by atoms with Crippen molar-refractivity contribution in [3.05, 3.63) is 59.2 Å². The number of benzene rings is 2. The number of methoxy groups -OCH3 is 1. The minimum atomic E-state index is -0.872. The number of hydrogen-bond donors (Lipinski definition) is 2. The zero-order chi connectivity index (χ0) is 28.7. The molecule has 3 rings (SSSR count). The number of alkyl carbamates (subject to hydrolysis) is 1. The third-order valence-electron chi connectivity index (χ3n) is 6.53. The first kappa shape index (κ1) is 30.3. The van der Waals surface area contributed by atoms with Crippen LogP contribution in [0.15, 0.2) is 42.5 Å². The van der Waals surface area contributed by atoms with E-state index in [1.165, 1.54) is 0 Å². The first-order valence-corrected chi connectivity index (χ1v) is 14.7. The minimum absolute atomic E-state index is 0.0945. The molecule has 2 aromatic carbocycles. The topological polar surface area (TPSA) is 97.0 Å². The number of carbonyl (C=O) groups is 3. The zero-order valence-corrected chi connectivity index (χ0v) is 24.8. The number of nitrogens with one attached hydrogen (secondary N) is 2. The molecule has 2 unspecified atom stereocenters. The van der Waals surface area contributed by atoms with Crippen LogP contribution in [0, 0.1) is 13.8 Å². The lowest BCUT2D eigenvalue weighted by Crippen LogP contribution is -2.53. The number of thioether (sulfide) groups is 1. The molecular formula is C30H41N3O5S. The lowest BCUT2D eigenvalue weighted by Gasteiger charge is -2.35. The SMILES string of the molecule is COc1ccc(NC(=O)C(c2ccc(C)c(C)c2)N(C(=O)C(CCSC)NC(=O)OC(C)(C)C)C2CC2)cc1. The predicted molar refractivity (Wildman–Crippen MR) is 156 cm³/mol. The van der Waals surface area contributed by atoms with Crippen LogP contribution in [-0.4, -0.2) is 59.6 Å². The van der Waals surface area contributed by atoms with Gasteiger partial charge in [0.25, 0.3) is 5.91 Å². The number of anilines is 1. The van der Waals surface area contributed by atoms with Crippen molar-refractivity contribution in [1.29, 1.82) is 0 Å². The van der Waals surface area contributed by atoms with Crippen LogP contribution in [0.1, 0.15) is 62.8 Å². The molecule has 1 aliphatic carbocycles. The molecule has 0 spiro atoms. The molecule has 1 saturated carbocycles. The van der Waals surface area contributed by atoms with Gasteiger partial charge < -0.3 is 25.0 Å². The van der Waals surface area contributed by atoms with E-state index in [9.17, 15) is 14.4 Å². The third kappa shape index (κ3) is 8.65.